The Labute approximate surface area is 150 Å². The Morgan fingerprint density at radius 3 is 2.62 bits per heavy atom. The molecule has 1 aromatic carbocycles. The Balaban J connectivity index is 1.47. The van der Waals surface area contributed by atoms with E-state index in [1.807, 2.05) is 37.3 Å². The molecular weight excluding hydrogens is 330 g/mol. The number of hydrogen-bond acceptors (Lipinski definition) is 6. The second-order valence-corrected chi connectivity index (χ2v) is 6.17. The molecule has 0 fully saturated rings. The number of carbonyl (C=O) groups is 1. The van der Waals surface area contributed by atoms with E-state index in [1.165, 1.54) is 0 Å². The van der Waals surface area contributed by atoms with Crippen molar-refractivity contribution in [1.82, 2.24) is 29.6 Å². The highest BCUT2D eigenvalue weighted by molar-refractivity contribution is 5.93. The van der Waals surface area contributed by atoms with Gasteiger partial charge < -0.3 is 4.57 Å². The fraction of sp³-hybridized carbons (Fsp3) is 0.278. The number of carbonyl (C=O) groups excluding carboxylic acids is 1. The number of rotatable bonds is 4. The molecule has 1 aliphatic rings. The Morgan fingerprint density at radius 2 is 1.85 bits per heavy atom. The van der Waals surface area contributed by atoms with Crippen LogP contribution in [0.25, 0.3) is 11.4 Å². The molecule has 3 aromatic rings. The summed E-state index contributed by atoms with van der Waals surface area (Å²) in [7, 11) is 0. The summed E-state index contributed by atoms with van der Waals surface area (Å²) < 4.78 is 2.12. The molecule has 0 spiro atoms. The van der Waals surface area contributed by atoms with Crippen LogP contribution in [0.4, 0.5) is 5.95 Å². The first-order chi connectivity index (χ1) is 12.7. The van der Waals surface area contributed by atoms with Gasteiger partial charge in [0.05, 0.1) is 12.6 Å². The van der Waals surface area contributed by atoms with Crippen molar-refractivity contribution >= 4 is 11.9 Å². The summed E-state index contributed by atoms with van der Waals surface area (Å²) in [5, 5.41) is 11.4. The van der Waals surface area contributed by atoms with Crippen molar-refractivity contribution in [2.24, 2.45) is 0 Å². The zero-order chi connectivity index (χ0) is 17.9. The Morgan fingerprint density at radius 1 is 1.08 bits per heavy atom. The summed E-state index contributed by atoms with van der Waals surface area (Å²) >= 11 is 0. The Kier molecular flexibility index (Phi) is 4.40. The van der Waals surface area contributed by atoms with E-state index in [9.17, 15) is 4.79 Å². The van der Waals surface area contributed by atoms with E-state index in [0.717, 1.165) is 30.3 Å². The van der Waals surface area contributed by atoms with Gasteiger partial charge in [0.2, 0.25) is 11.9 Å². The van der Waals surface area contributed by atoms with Gasteiger partial charge in [0, 0.05) is 31.0 Å². The molecule has 26 heavy (non-hydrogen) atoms. The molecule has 0 aliphatic carbocycles. The molecule has 2 aromatic heterocycles. The van der Waals surface area contributed by atoms with Crippen molar-refractivity contribution in [2.45, 2.75) is 26.1 Å². The Hall–Kier alpha value is -3.13. The van der Waals surface area contributed by atoms with Crippen LogP contribution in [-0.2, 0) is 17.9 Å². The molecule has 3 heterocycles. The lowest BCUT2D eigenvalue weighted by Crippen LogP contribution is -2.46. The molecule has 0 saturated heterocycles. The van der Waals surface area contributed by atoms with Gasteiger partial charge in [-0.3, -0.25) is 15.0 Å². The van der Waals surface area contributed by atoms with E-state index in [1.54, 1.807) is 18.5 Å². The molecular formula is C18H19N7O. The molecule has 4 rings (SSSR count). The summed E-state index contributed by atoms with van der Waals surface area (Å²) in [6, 6.07) is 11.4. The standard InChI is InChI=1S/C18H19N7O/c1-13(17(26)21-18-19-8-5-9-20-18)24-10-11-25-15(12-24)22-23-16(25)14-6-3-2-4-7-14/h2-9,13H,10-12H2,1H3,(H,19,20,21,26)/t13-/m1/s1. The zero-order valence-electron chi connectivity index (χ0n) is 14.4. The van der Waals surface area contributed by atoms with E-state index in [-0.39, 0.29) is 11.9 Å². The summed E-state index contributed by atoms with van der Waals surface area (Å²) in [6.07, 6.45) is 3.20. The predicted octanol–water partition coefficient (Wildman–Crippen LogP) is 1.58. The topological polar surface area (TPSA) is 88.8 Å². The fourth-order valence-electron chi connectivity index (χ4n) is 3.05. The lowest BCUT2D eigenvalue weighted by atomic mass is 10.2. The quantitative estimate of drug-likeness (QED) is 0.769. The number of anilines is 1. The van der Waals surface area contributed by atoms with Crippen LogP contribution in [0.1, 0.15) is 12.7 Å². The average molecular weight is 349 g/mol. The van der Waals surface area contributed by atoms with Crippen molar-refractivity contribution in [3.05, 3.63) is 54.6 Å². The highest BCUT2D eigenvalue weighted by Crippen LogP contribution is 2.22. The normalized spacial score (nSPS) is 15.3. The molecule has 0 radical (unpaired) electrons. The first kappa shape index (κ1) is 16.3. The number of aromatic nitrogens is 5. The van der Waals surface area contributed by atoms with Crippen molar-refractivity contribution in [3.63, 3.8) is 0 Å². The molecule has 0 saturated carbocycles. The molecule has 0 bridgehead atoms. The molecule has 1 amide bonds. The molecule has 132 valence electrons. The van der Waals surface area contributed by atoms with Gasteiger partial charge in [-0.05, 0) is 13.0 Å². The summed E-state index contributed by atoms with van der Waals surface area (Å²) in [5.74, 6) is 1.92. The van der Waals surface area contributed by atoms with Gasteiger partial charge in [0.25, 0.3) is 0 Å². The number of benzene rings is 1. The van der Waals surface area contributed by atoms with Crippen LogP contribution in [0.3, 0.4) is 0 Å². The van der Waals surface area contributed by atoms with Crippen LogP contribution in [0.5, 0.6) is 0 Å². The maximum Gasteiger partial charge on any atom is 0.243 e. The second kappa shape index (κ2) is 7.01. The molecule has 8 heteroatoms. The summed E-state index contributed by atoms with van der Waals surface area (Å²) in [4.78, 5) is 22.6. The minimum atomic E-state index is -0.315. The lowest BCUT2D eigenvalue weighted by Gasteiger charge is -2.31. The van der Waals surface area contributed by atoms with Crippen LogP contribution in [0, 0.1) is 0 Å². The van der Waals surface area contributed by atoms with E-state index >= 15 is 0 Å². The summed E-state index contributed by atoms with van der Waals surface area (Å²) in [5.41, 5.74) is 1.05. The highest BCUT2D eigenvalue weighted by atomic mass is 16.2. The first-order valence-corrected chi connectivity index (χ1v) is 8.52. The molecule has 0 unspecified atom stereocenters. The third-order valence-electron chi connectivity index (χ3n) is 4.54. The fourth-order valence-corrected chi connectivity index (χ4v) is 3.05. The van der Waals surface area contributed by atoms with Gasteiger partial charge in [-0.2, -0.15) is 0 Å². The van der Waals surface area contributed by atoms with Gasteiger partial charge in [-0.25, -0.2) is 9.97 Å². The van der Waals surface area contributed by atoms with Crippen molar-refractivity contribution in [1.29, 1.82) is 0 Å². The lowest BCUT2D eigenvalue weighted by molar-refractivity contribution is -0.121. The third-order valence-corrected chi connectivity index (χ3v) is 4.54. The number of amides is 1. The van der Waals surface area contributed by atoms with Gasteiger partial charge >= 0.3 is 0 Å². The maximum absolute atomic E-state index is 12.5. The van der Waals surface area contributed by atoms with E-state index in [4.69, 9.17) is 0 Å². The minimum absolute atomic E-state index is 0.132. The predicted molar refractivity (Wildman–Crippen MR) is 96.0 cm³/mol. The smallest absolute Gasteiger partial charge is 0.243 e. The number of fused-ring (bicyclic) bond motifs is 1. The van der Waals surface area contributed by atoms with Crippen LogP contribution < -0.4 is 5.32 Å². The number of hydrogen-bond donors (Lipinski definition) is 1. The SMILES string of the molecule is C[C@H](C(=O)Nc1ncccn1)N1CCn2c(nnc2-c2ccccc2)C1. The van der Waals surface area contributed by atoms with E-state index in [0.29, 0.717) is 12.5 Å². The van der Waals surface area contributed by atoms with Gasteiger partial charge in [-0.1, -0.05) is 30.3 Å². The average Bonchev–Trinajstić information content (AvgIpc) is 3.12. The van der Waals surface area contributed by atoms with Crippen LogP contribution in [0.15, 0.2) is 48.8 Å². The number of nitrogens with zero attached hydrogens (tertiary/aromatic N) is 6. The molecule has 8 nitrogen and oxygen atoms in total. The molecule has 1 aliphatic heterocycles. The minimum Gasteiger partial charge on any atom is -0.309 e. The van der Waals surface area contributed by atoms with Gasteiger partial charge in [-0.15, -0.1) is 10.2 Å². The van der Waals surface area contributed by atoms with Crippen molar-refractivity contribution < 1.29 is 4.79 Å². The maximum atomic E-state index is 12.5. The molecule has 1 atom stereocenters. The largest absolute Gasteiger partial charge is 0.309 e. The van der Waals surface area contributed by atoms with Gasteiger partial charge in [0.1, 0.15) is 5.82 Å². The summed E-state index contributed by atoms with van der Waals surface area (Å²) in [6.45, 7) is 3.94. The van der Waals surface area contributed by atoms with Crippen molar-refractivity contribution in [2.75, 3.05) is 11.9 Å². The van der Waals surface area contributed by atoms with Crippen LogP contribution >= 0.6 is 0 Å². The zero-order valence-corrected chi connectivity index (χ0v) is 14.4. The third kappa shape index (κ3) is 3.18. The number of nitrogens with one attached hydrogen (secondary N) is 1. The van der Waals surface area contributed by atoms with Crippen LogP contribution in [0.2, 0.25) is 0 Å². The highest BCUT2D eigenvalue weighted by Gasteiger charge is 2.28. The van der Waals surface area contributed by atoms with E-state index in [2.05, 4.69) is 34.9 Å². The monoisotopic (exact) mass is 349 g/mol. The van der Waals surface area contributed by atoms with Gasteiger partial charge in [0.15, 0.2) is 5.82 Å². The van der Waals surface area contributed by atoms with Crippen LogP contribution in [-0.4, -0.2) is 48.1 Å². The molecule has 1 N–H and O–H groups in total. The first-order valence-electron chi connectivity index (χ1n) is 8.52. The second-order valence-electron chi connectivity index (χ2n) is 6.17. The van der Waals surface area contributed by atoms with E-state index < -0.39 is 0 Å². The Bertz CT molecular complexity index is 894. The van der Waals surface area contributed by atoms with Crippen molar-refractivity contribution in [3.8, 4) is 11.4 Å².